The van der Waals surface area contributed by atoms with E-state index < -0.39 is 5.41 Å². The first-order valence-electron chi connectivity index (χ1n) is 10.8. The van der Waals surface area contributed by atoms with Crippen LogP contribution >= 0.6 is 11.3 Å². The highest BCUT2D eigenvalue weighted by Gasteiger charge is 2.47. The molecule has 0 unspecified atom stereocenters. The Balaban J connectivity index is 1.62. The number of benzene rings is 1. The molecule has 2 aliphatic rings. The SMILES string of the molecule is CC(C)NC(=O)[C@@]1(Cc2ccccc2-c2cccs2)CCN(C(=O)[C@@H]2CCCO2)C1. The largest absolute Gasteiger partial charge is 0.368 e. The Morgan fingerprint density at radius 3 is 2.80 bits per heavy atom. The minimum atomic E-state index is -0.619. The number of nitrogens with one attached hydrogen (secondary N) is 1. The minimum Gasteiger partial charge on any atom is -0.368 e. The van der Waals surface area contributed by atoms with Crippen LogP contribution in [0, 0.1) is 5.41 Å². The average molecular weight is 427 g/mol. The van der Waals surface area contributed by atoms with E-state index in [1.807, 2.05) is 30.9 Å². The van der Waals surface area contributed by atoms with Crippen molar-refractivity contribution in [3.8, 4) is 10.4 Å². The molecular weight excluding hydrogens is 396 g/mol. The maximum absolute atomic E-state index is 13.4. The van der Waals surface area contributed by atoms with Crippen molar-refractivity contribution < 1.29 is 14.3 Å². The van der Waals surface area contributed by atoms with Crippen molar-refractivity contribution in [2.45, 2.75) is 51.7 Å². The first kappa shape index (κ1) is 21.1. The van der Waals surface area contributed by atoms with Crippen LogP contribution in [-0.4, -0.2) is 48.6 Å². The van der Waals surface area contributed by atoms with Gasteiger partial charge in [-0.3, -0.25) is 9.59 Å². The number of carbonyl (C=O) groups excluding carboxylic acids is 2. The van der Waals surface area contributed by atoms with Gasteiger partial charge in [-0.15, -0.1) is 11.3 Å². The van der Waals surface area contributed by atoms with Crippen molar-refractivity contribution in [3.63, 3.8) is 0 Å². The van der Waals surface area contributed by atoms with Gasteiger partial charge in [0.2, 0.25) is 5.91 Å². The fourth-order valence-corrected chi connectivity index (χ4v) is 5.36. The zero-order valence-electron chi connectivity index (χ0n) is 17.7. The summed E-state index contributed by atoms with van der Waals surface area (Å²) in [6.45, 7) is 5.66. The molecule has 2 aliphatic heterocycles. The summed E-state index contributed by atoms with van der Waals surface area (Å²) in [4.78, 5) is 29.4. The molecule has 5 nitrogen and oxygen atoms in total. The van der Waals surface area contributed by atoms with Gasteiger partial charge in [-0.05, 0) is 62.1 Å². The van der Waals surface area contributed by atoms with E-state index in [1.54, 1.807) is 11.3 Å². The van der Waals surface area contributed by atoms with Gasteiger partial charge in [0.25, 0.3) is 5.91 Å². The predicted molar refractivity (Wildman–Crippen MR) is 119 cm³/mol. The van der Waals surface area contributed by atoms with Crippen LogP contribution < -0.4 is 5.32 Å². The van der Waals surface area contributed by atoms with Crippen LogP contribution in [0.3, 0.4) is 0 Å². The molecule has 30 heavy (non-hydrogen) atoms. The Hall–Kier alpha value is -2.18. The molecular formula is C24H30N2O3S. The summed E-state index contributed by atoms with van der Waals surface area (Å²) in [7, 11) is 0. The highest BCUT2D eigenvalue weighted by atomic mass is 32.1. The summed E-state index contributed by atoms with van der Waals surface area (Å²) < 4.78 is 5.62. The lowest BCUT2D eigenvalue weighted by Crippen LogP contribution is -2.48. The second-order valence-corrected chi connectivity index (χ2v) is 9.68. The summed E-state index contributed by atoms with van der Waals surface area (Å²) in [6.07, 6.45) is 2.66. The van der Waals surface area contributed by atoms with Gasteiger partial charge in [0.05, 0.1) is 5.41 Å². The molecule has 0 bridgehead atoms. The lowest BCUT2D eigenvalue weighted by molar-refractivity contribution is -0.141. The molecule has 2 fully saturated rings. The van der Waals surface area contributed by atoms with Gasteiger partial charge in [0.15, 0.2) is 0 Å². The molecule has 1 aromatic carbocycles. The Kier molecular flexibility index (Phi) is 6.25. The number of likely N-dealkylation sites (tertiary alicyclic amines) is 1. The predicted octanol–water partition coefficient (Wildman–Crippen LogP) is 3.88. The Morgan fingerprint density at radius 2 is 2.10 bits per heavy atom. The maximum atomic E-state index is 13.4. The van der Waals surface area contributed by atoms with Crippen LogP contribution in [0.15, 0.2) is 41.8 Å². The summed E-state index contributed by atoms with van der Waals surface area (Å²) in [5.74, 6) is 0.0828. The number of nitrogens with zero attached hydrogens (tertiary/aromatic N) is 1. The molecule has 3 heterocycles. The van der Waals surface area contributed by atoms with Gasteiger partial charge >= 0.3 is 0 Å². The number of rotatable bonds is 6. The maximum Gasteiger partial charge on any atom is 0.251 e. The number of amides is 2. The van der Waals surface area contributed by atoms with E-state index in [0.717, 1.165) is 18.4 Å². The quantitative estimate of drug-likeness (QED) is 0.763. The topological polar surface area (TPSA) is 58.6 Å². The summed E-state index contributed by atoms with van der Waals surface area (Å²) >= 11 is 1.71. The highest BCUT2D eigenvalue weighted by molar-refractivity contribution is 7.13. The normalized spacial score (nSPS) is 23.8. The van der Waals surface area contributed by atoms with Crippen LogP contribution in [0.1, 0.15) is 38.7 Å². The van der Waals surface area contributed by atoms with E-state index in [4.69, 9.17) is 4.74 Å². The summed E-state index contributed by atoms with van der Waals surface area (Å²) in [6, 6.07) is 12.5. The molecule has 160 valence electrons. The lowest BCUT2D eigenvalue weighted by atomic mass is 9.78. The van der Waals surface area contributed by atoms with Crippen LogP contribution in [0.2, 0.25) is 0 Å². The van der Waals surface area contributed by atoms with E-state index in [-0.39, 0.29) is 24.0 Å². The Labute approximate surface area is 182 Å². The van der Waals surface area contributed by atoms with Crippen LogP contribution in [-0.2, 0) is 20.7 Å². The molecule has 0 spiro atoms. The molecule has 2 saturated heterocycles. The zero-order chi connectivity index (χ0) is 21.1. The van der Waals surface area contributed by atoms with E-state index in [0.29, 0.717) is 32.5 Å². The van der Waals surface area contributed by atoms with Crippen molar-refractivity contribution >= 4 is 23.2 Å². The summed E-state index contributed by atoms with van der Waals surface area (Å²) in [5.41, 5.74) is 1.71. The lowest BCUT2D eigenvalue weighted by Gasteiger charge is -2.30. The molecule has 6 heteroatoms. The first-order chi connectivity index (χ1) is 14.5. The van der Waals surface area contributed by atoms with Gasteiger partial charge in [-0.25, -0.2) is 0 Å². The van der Waals surface area contributed by atoms with Gasteiger partial charge in [0, 0.05) is 30.6 Å². The molecule has 0 saturated carbocycles. The van der Waals surface area contributed by atoms with Crippen molar-refractivity contribution in [1.29, 1.82) is 0 Å². The van der Waals surface area contributed by atoms with Crippen molar-refractivity contribution in [2.24, 2.45) is 5.41 Å². The van der Waals surface area contributed by atoms with Gasteiger partial charge in [0.1, 0.15) is 6.10 Å². The van der Waals surface area contributed by atoms with Crippen LogP contribution in [0.25, 0.3) is 10.4 Å². The third-order valence-electron chi connectivity index (χ3n) is 6.10. The zero-order valence-corrected chi connectivity index (χ0v) is 18.5. The fourth-order valence-electron chi connectivity index (χ4n) is 4.57. The first-order valence-corrected chi connectivity index (χ1v) is 11.7. The average Bonchev–Trinajstić information content (AvgIpc) is 3.49. The van der Waals surface area contributed by atoms with Crippen LogP contribution in [0.4, 0.5) is 0 Å². The van der Waals surface area contributed by atoms with Gasteiger partial charge < -0.3 is 15.0 Å². The number of hydrogen-bond donors (Lipinski definition) is 1. The standard InChI is InChI=1S/C24H30N2O3S/c1-17(2)25-23(28)24(11-12-26(16-24)22(27)20-9-5-13-29-20)15-18-7-3-4-8-19(18)21-10-6-14-30-21/h3-4,6-8,10,14,17,20H,5,9,11-13,15-16H2,1-2H3,(H,25,28)/t20-,24+/m0/s1. The molecule has 2 atom stereocenters. The van der Waals surface area contributed by atoms with Crippen molar-refractivity contribution in [2.75, 3.05) is 19.7 Å². The minimum absolute atomic E-state index is 0.0401. The highest BCUT2D eigenvalue weighted by Crippen LogP contribution is 2.39. The van der Waals surface area contributed by atoms with Crippen LogP contribution in [0.5, 0.6) is 0 Å². The fraction of sp³-hybridized carbons (Fsp3) is 0.500. The number of thiophene rings is 1. The molecule has 0 aliphatic carbocycles. The van der Waals surface area contributed by atoms with E-state index >= 15 is 0 Å². The van der Waals surface area contributed by atoms with Gasteiger partial charge in [-0.1, -0.05) is 30.3 Å². The third-order valence-corrected chi connectivity index (χ3v) is 7.01. The number of ether oxygens (including phenoxy) is 1. The molecule has 2 amide bonds. The second-order valence-electron chi connectivity index (χ2n) is 8.73. The van der Waals surface area contributed by atoms with E-state index in [9.17, 15) is 9.59 Å². The molecule has 1 aromatic heterocycles. The monoisotopic (exact) mass is 426 g/mol. The Morgan fingerprint density at radius 1 is 1.27 bits per heavy atom. The Bertz CT molecular complexity index is 890. The van der Waals surface area contributed by atoms with E-state index in [2.05, 4.69) is 35.0 Å². The van der Waals surface area contributed by atoms with Gasteiger partial charge in [-0.2, -0.15) is 0 Å². The number of hydrogen-bond acceptors (Lipinski definition) is 4. The molecule has 4 rings (SSSR count). The molecule has 1 N–H and O–H groups in total. The smallest absolute Gasteiger partial charge is 0.251 e. The van der Waals surface area contributed by atoms with Crippen molar-refractivity contribution in [1.82, 2.24) is 10.2 Å². The van der Waals surface area contributed by atoms with E-state index in [1.165, 1.54) is 10.4 Å². The van der Waals surface area contributed by atoms with Crippen molar-refractivity contribution in [3.05, 3.63) is 47.3 Å². The summed E-state index contributed by atoms with van der Waals surface area (Å²) in [5, 5.41) is 5.20. The molecule has 0 radical (unpaired) electrons. The number of carbonyl (C=O) groups is 2. The third kappa shape index (κ3) is 4.30. The second kappa shape index (κ2) is 8.90. The molecule has 2 aromatic rings.